The molecule has 1 saturated heterocycles. The van der Waals surface area contributed by atoms with Crippen molar-refractivity contribution in [2.45, 2.75) is 31.7 Å². The average molecular weight is 350 g/mol. The maximum absolute atomic E-state index is 13.1. The Bertz CT molecular complexity index is 862. The molecule has 2 aromatic rings. The zero-order valence-corrected chi connectivity index (χ0v) is 14.8. The minimum Gasteiger partial charge on any atom is -0.497 e. The summed E-state index contributed by atoms with van der Waals surface area (Å²) in [6, 6.07) is 13.6. The zero-order valence-electron chi connectivity index (χ0n) is 14.8. The predicted molar refractivity (Wildman–Crippen MR) is 99.4 cm³/mol. The monoisotopic (exact) mass is 350 g/mol. The molecule has 1 atom stereocenters. The molecule has 2 aromatic carbocycles. The van der Waals surface area contributed by atoms with Crippen molar-refractivity contribution in [1.29, 1.82) is 0 Å². The van der Waals surface area contributed by atoms with Crippen molar-refractivity contribution >= 4 is 17.5 Å². The number of benzene rings is 2. The summed E-state index contributed by atoms with van der Waals surface area (Å²) in [5.41, 5.74) is 3.66. The van der Waals surface area contributed by atoms with Crippen LogP contribution >= 0.6 is 0 Å². The highest BCUT2D eigenvalue weighted by Gasteiger charge is 2.31. The molecule has 0 radical (unpaired) electrons. The van der Waals surface area contributed by atoms with E-state index in [-0.39, 0.29) is 17.9 Å². The summed E-state index contributed by atoms with van der Waals surface area (Å²) in [7, 11) is 1.66. The number of nitrogens with zero attached hydrogens (tertiary/aromatic N) is 1. The summed E-state index contributed by atoms with van der Waals surface area (Å²) in [4.78, 5) is 26.6. The van der Waals surface area contributed by atoms with Crippen molar-refractivity contribution in [3.63, 3.8) is 0 Å². The topological polar surface area (TPSA) is 58.6 Å². The Morgan fingerprint density at radius 2 is 2.08 bits per heavy atom. The summed E-state index contributed by atoms with van der Waals surface area (Å²) >= 11 is 0. The molecule has 1 N–H and O–H groups in total. The van der Waals surface area contributed by atoms with E-state index in [0.29, 0.717) is 18.4 Å². The van der Waals surface area contributed by atoms with Crippen molar-refractivity contribution in [2.75, 3.05) is 19.0 Å². The van der Waals surface area contributed by atoms with Crippen LogP contribution in [0.2, 0.25) is 0 Å². The molecule has 1 unspecified atom stereocenters. The summed E-state index contributed by atoms with van der Waals surface area (Å²) in [5.74, 6) is 0.899. The molecule has 0 aliphatic carbocycles. The van der Waals surface area contributed by atoms with Crippen LogP contribution in [0.5, 0.6) is 5.75 Å². The van der Waals surface area contributed by atoms with E-state index in [4.69, 9.17) is 4.74 Å². The highest BCUT2D eigenvalue weighted by atomic mass is 16.5. The Labute approximate surface area is 153 Å². The van der Waals surface area contributed by atoms with Crippen LogP contribution < -0.4 is 10.1 Å². The highest BCUT2D eigenvalue weighted by molar-refractivity contribution is 5.98. The first-order valence-corrected chi connectivity index (χ1v) is 9.03. The van der Waals surface area contributed by atoms with E-state index in [1.165, 1.54) is 0 Å². The van der Waals surface area contributed by atoms with Crippen LogP contribution in [0.4, 0.5) is 5.69 Å². The van der Waals surface area contributed by atoms with Gasteiger partial charge in [-0.25, -0.2) is 0 Å². The molecule has 2 amide bonds. The minimum absolute atomic E-state index is 0.0363. The second kappa shape index (κ2) is 6.83. The number of ether oxygens (including phenoxy) is 1. The van der Waals surface area contributed by atoms with Gasteiger partial charge < -0.3 is 15.0 Å². The van der Waals surface area contributed by atoms with E-state index < -0.39 is 0 Å². The summed E-state index contributed by atoms with van der Waals surface area (Å²) < 4.78 is 5.33. The average Bonchev–Trinajstić information content (AvgIpc) is 3.17. The number of likely N-dealkylation sites (tertiary alicyclic amines) is 1. The van der Waals surface area contributed by atoms with Crippen LogP contribution in [0.15, 0.2) is 42.5 Å². The number of carbonyl (C=O) groups excluding carboxylic acids is 2. The number of nitrogens with one attached hydrogen (secondary N) is 1. The van der Waals surface area contributed by atoms with Crippen LogP contribution in [0.1, 0.15) is 46.8 Å². The fourth-order valence-corrected chi connectivity index (χ4v) is 3.89. The first kappa shape index (κ1) is 16.6. The van der Waals surface area contributed by atoms with E-state index in [1.54, 1.807) is 7.11 Å². The number of hydrogen-bond acceptors (Lipinski definition) is 3. The van der Waals surface area contributed by atoms with Crippen molar-refractivity contribution in [3.8, 4) is 5.75 Å². The van der Waals surface area contributed by atoms with Crippen molar-refractivity contribution in [3.05, 3.63) is 59.2 Å². The smallest absolute Gasteiger partial charge is 0.254 e. The molecule has 2 aliphatic heterocycles. The molecule has 2 heterocycles. The third kappa shape index (κ3) is 3.05. The van der Waals surface area contributed by atoms with Gasteiger partial charge >= 0.3 is 0 Å². The molecule has 0 spiro atoms. The number of hydrogen-bond donors (Lipinski definition) is 1. The second-order valence-corrected chi connectivity index (χ2v) is 6.85. The molecule has 4 rings (SSSR count). The normalized spacial score (nSPS) is 19.0. The van der Waals surface area contributed by atoms with Crippen LogP contribution in [0.3, 0.4) is 0 Å². The third-order valence-corrected chi connectivity index (χ3v) is 5.24. The van der Waals surface area contributed by atoms with E-state index in [9.17, 15) is 9.59 Å². The van der Waals surface area contributed by atoms with Gasteiger partial charge in [0, 0.05) is 24.2 Å². The highest BCUT2D eigenvalue weighted by Crippen LogP contribution is 2.35. The van der Waals surface area contributed by atoms with Crippen LogP contribution in [-0.2, 0) is 11.2 Å². The molecular weight excluding hydrogens is 328 g/mol. The number of amides is 2. The van der Waals surface area contributed by atoms with Crippen molar-refractivity contribution in [2.24, 2.45) is 0 Å². The lowest BCUT2D eigenvalue weighted by molar-refractivity contribution is -0.116. The van der Waals surface area contributed by atoms with Gasteiger partial charge in [0.25, 0.3) is 5.91 Å². The lowest BCUT2D eigenvalue weighted by atomic mass is 9.99. The molecule has 26 heavy (non-hydrogen) atoms. The second-order valence-electron chi connectivity index (χ2n) is 6.85. The zero-order chi connectivity index (χ0) is 18.1. The Hall–Kier alpha value is -2.82. The molecular formula is C21H22N2O3. The lowest BCUT2D eigenvalue weighted by Crippen LogP contribution is -2.31. The fraction of sp³-hybridized carbons (Fsp3) is 0.333. The molecule has 1 fully saturated rings. The number of aryl methyl sites for hydroxylation is 1. The van der Waals surface area contributed by atoms with Gasteiger partial charge in [0.1, 0.15) is 5.75 Å². The molecule has 5 heteroatoms. The van der Waals surface area contributed by atoms with E-state index in [1.807, 2.05) is 41.3 Å². The summed E-state index contributed by atoms with van der Waals surface area (Å²) in [5, 5.41) is 2.87. The first-order chi connectivity index (χ1) is 12.7. The van der Waals surface area contributed by atoms with Gasteiger partial charge in [-0.05, 0) is 60.7 Å². The number of carbonyl (C=O) groups is 2. The molecule has 0 bridgehead atoms. The maximum Gasteiger partial charge on any atom is 0.254 e. The molecule has 0 saturated carbocycles. The number of methoxy groups -OCH3 is 1. The van der Waals surface area contributed by atoms with E-state index in [2.05, 4.69) is 11.4 Å². The third-order valence-electron chi connectivity index (χ3n) is 5.24. The van der Waals surface area contributed by atoms with Gasteiger partial charge in [0.05, 0.1) is 13.2 Å². The summed E-state index contributed by atoms with van der Waals surface area (Å²) in [6.07, 6.45) is 3.11. The molecule has 2 aliphatic rings. The fourth-order valence-electron chi connectivity index (χ4n) is 3.89. The number of rotatable bonds is 3. The van der Waals surface area contributed by atoms with Crippen LogP contribution in [0, 0.1) is 0 Å². The van der Waals surface area contributed by atoms with Gasteiger partial charge in [-0.2, -0.15) is 0 Å². The van der Waals surface area contributed by atoms with Crippen molar-refractivity contribution < 1.29 is 14.3 Å². The van der Waals surface area contributed by atoms with Crippen LogP contribution in [-0.4, -0.2) is 30.4 Å². The van der Waals surface area contributed by atoms with Gasteiger partial charge in [-0.3, -0.25) is 9.59 Å². The Kier molecular flexibility index (Phi) is 4.37. The van der Waals surface area contributed by atoms with Crippen LogP contribution in [0.25, 0.3) is 0 Å². The first-order valence-electron chi connectivity index (χ1n) is 9.03. The maximum atomic E-state index is 13.1. The Balaban J connectivity index is 1.60. The standard InChI is InChI=1S/C21H22N2O3/c1-26-17-5-2-4-15(13-17)19-6-3-11-23(19)21(25)16-7-9-18-14(12-16)8-10-20(24)22-18/h2,4-5,7,9,12-13,19H,3,6,8,10-11H2,1H3,(H,22,24). The Morgan fingerprint density at radius 3 is 2.92 bits per heavy atom. The Morgan fingerprint density at radius 1 is 1.19 bits per heavy atom. The summed E-state index contributed by atoms with van der Waals surface area (Å²) in [6.45, 7) is 0.758. The van der Waals surface area contributed by atoms with E-state index >= 15 is 0 Å². The molecule has 0 aromatic heterocycles. The number of anilines is 1. The minimum atomic E-state index is 0.0363. The molecule has 134 valence electrons. The largest absolute Gasteiger partial charge is 0.497 e. The SMILES string of the molecule is COc1cccc(C2CCCN2C(=O)c2ccc3c(c2)CCC(=O)N3)c1. The quantitative estimate of drug-likeness (QED) is 0.921. The molecule has 5 nitrogen and oxygen atoms in total. The lowest BCUT2D eigenvalue weighted by Gasteiger charge is -2.26. The van der Waals surface area contributed by atoms with Gasteiger partial charge in [-0.15, -0.1) is 0 Å². The predicted octanol–water partition coefficient (Wildman–Crippen LogP) is 3.56. The van der Waals surface area contributed by atoms with Crippen molar-refractivity contribution in [1.82, 2.24) is 4.90 Å². The van der Waals surface area contributed by atoms with E-state index in [0.717, 1.165) is 42.0 Å². The van der Waals surface area contributed by atoms with Gasteiger partial charge in [-0.1, -0.05) is 12.1 Å². The van der Waals surface area contributed by atoms with Gasteiger partial charge in [0.15, 0.2) is 0 Å². The number of fused-ring (bicyclic) bond motifs is 1. The van der Waals surface area contributed by atoms with Gasteiger partial charge in [0.2, 0.25) is 5.91 Å².